The van der Waals surface area contributed by atoms with Crippen molar-refractivity contribution < 1.29 is 9.13 Å². The Morgan fingerprint density at radius 2 is 2.20 bits per heavy atom. The van der Waals surface area contributed by atoms with Crippen molar-refractivity contribution in [1.29, 1.82) is 0 Å². The molecule has 0 bridgehead atoms. The zero-order chi connectivity index (χ0) is 13.9. The number of likely N-dealkylation sites (N-methyl/N-ethyl adjacent to an activating group) is 1. The Balaban J connectivity index is 1.70. The SMILES string of the molecule is CN(CC1CCCO1)c1nc(-c2ccc(F)cc2)cs1. The van der Waals surface area contributed by atoms with Gasteiger partial charge < -0.3 is 9.64 Å². The van der Waals surface area contributed by atoms with Gasteiger partial charge in [0.1, 0.15) is 5.82 Å². The highest BCUT2D eigenvalue weighted by molar-refractivity contribution is 7.14. The fourth-order valence-electron chi connectivity index (χ4n) is 2.36. The summed E-state index contributed by atoms with van der Waals surface area (Å²) < 4.78 is 18.6. The number of thiazole rings is 1. The van der Waals surface area contributed by atoms with Crippen LogP contribution < -0.4 is 4.90 Å². The quantitative estimate of drug-likeness (QED) is 0.861. The van der Waals surface area contributed by atoms with Gasteiger partial charge in [-0.1, -0.05) is 0 Å². The van der Waals surface area contributed by atoms with Crippen LogP contribution in [0.3, 0.4) is 0 Å². The van der Waals surface area contributed by atoms with Gasteiger partial charge in [0, 0.05) is 31.1 Å². The van der Waals surface area contributed by atoms with E-state index in [0.717, 1.165) is 42.4 Å². The number of ether oxygens (including phenoxy) is 1. The van der Waals surface area contributed by atoms with Crippen LogP contribution in [0.4, 0.5) is 9.52 Å². The molecule has 0 saturated carbocycles. The van der Waals surface area contributed by atoms with Crippen LogP contribution in [0.5, 0.6) is 0 Å². The minimum Gasteiger partial charge on any atom is -0.376 e. The highest BCUT2D eigenvalue weighted by Gasteiger charge is 2.19. The zero-order valence-corrected chi connectivity index (χ0v) is 12.2. The average molecular weight is 292 g/mol. The molecule has 1 aromatic heterocycles. The lowest BCUT2D eigenvalue weighted by molar-refractivity contribution is 0.116. The molecule has 2 aromatic rings. The highest BCUT2D eigenvalue weighted by atomic mass is 32.1. The minimum absolute atomic E-state index is 0.222. The molecule has 0 amide bonds. The van der Waals surface area contributed by atoms with Crippen molar-refractivity contribution >= 4 is 16.5 Å². The minimum atomic E-state index is -0.222. The van der Waals surface area contributed by atoms with Gasteiger partial charge in [-0.05, 0) is 37.1 Å². The average Bonchev–Trinajstić information content (AvgIpc) is 3.10. The van der Waals surface area contributed by atoms with E-state index in [9.17, 15) is 4.39 Å². The van der Waals surface area contributed by atoms with Crippen molar-refractivity contribution in [3.05, 3.63) is 35.5 Å². The lowest BCUT2D eigenvalue weighted by Gasteiger charge is -2.19. The summed E-state index contributed by atoms with van der Waals surface area (Å²) in [6, 6.07) is 6.44. The Kier molecular flexibility index (Phi) is 3.98. The highest BCUT2D eigenvalue weighted by Crippen LogP contribution is 2.27. The second-order valence-electron chi connectivity index (χ2n) is 5.04. The Hall–Kier alpha value is -1.46. The van der Waals surface area contributed by atoms with E-state index >= 15 is 0 Å². The van der Waals surface area contributed by atoms with E-state index in [1.165, 1.54) is 12.1 Å². The number of aromatic nitrogens is 1. The van der Waals surface area contributed by atoms with Crippen LogP contribution in [0.15, 0.2) is 29.6 Å². The van der Waals surface area contributed by atoms with Gasteiger partial charge >= 0.3 is 0 Å². The van der Waals surface area contributed by atoms with E-state index in [4.69, 9.17) is 4.74 Å². The molecule has 1 aliphatic heterocycles. The lowest BCUT2D eigenvalue weighted by atomic mass is 10.2. The first-order valence-corrected chi connectivity index (χ1v) is 7.64. The molecule has 0 N–H and O–H groups in total. The summed E-state index contributed by atoms with van der Waals surface area (Å²) in [7, 11) is 2.04. The lowest BCUT2D eigenvalue weighted by Crippen LogP contribution is -2.28. The monoisotopic (exact) mass is 292 g/mol. The summed E-state index contributed by atoms with van der Waals surface area (Å²) in [5, 5.41) is 2.98. The Morgan fingerprint density at radius 3 is 2.90 bits per heavy atom. The molecule has 2 heterocycles. The molecule has 3 rings (SSSR count). The topological polar surface area (TPSA) is 25.4 Å². The van der Waals surface area contributed by atoms with Crippen LogP contribution in [-0.4, -0.2) is 31.3 Å². The Labute approximate surface area is 122 Å². The van der Waals surface area contributed by atoms with E-state index in [-0.39, 0.29) is 5.82 Å². The number of benzene rings is 1. The Bertz CT molecular complexity index is 564. The molecule has 106 valence electrons. The van der Waals surface area contributed by atoms with Crippen molar-refractivity contribution in [1.82, 2.24) is 4.98 Å². The van der Waals surface area contributed by atoms with Crippen molar-refractivity contribution in [3.8, 4) is 11.3 Å². The van der Waals surface area contributed by atoms with Gasteiger partial charge in [-0.2, -0.15) is 0 Å². The molecule has 0 radical (unpaired) electrons. The van der Waals surface area contributed by atoms with Crippen molar-refractivity contribution in [3.63, 3.8) is 0 Å². The van der Waals surface area contributed by atoms with Crippen molar-refractivity contribution in [2.24, 2.45) is 0 Å². The predicted molar refractivity (Wildman–Crippen MR) is 79.8 cm³/mol. The molecule has 0 spiro atoms. The summed E-state index contributed by atoms with van der Waals surface area (Å²) in [6.45, 7) is 1.74. The molecule has 1 atom stereocenters. The largest absolute Gasteiger partial charge is 0.376 e. The summed E-state index contributed by atoms with van der Waals surface area (Å²) in [4.78, 5) is 6.75. The second-order valence-corrected chi connectivity index (χ2v) is 5.87. The third-order valence-corrected chi connectivity index (χ3v) is 4.41. The summed E-state index contributed by atoms with van der Waals surface area (Å²) >= 11 is 1.61. The van der Waals surface area contributed by atoms with Crippen molar-refractivity contribution in [2.45, 2.75) is 18.9 Å². The molecular formula is C15H17FN2OS. The van der Waals surface area contributed by atoms with Gasteiger partial charge in [-0.25, -0.2) is 9.37 Å². The van der Waals surface area contributed by atoms with E-state index in [1.54, 1.807) is 23.5 Å². The fourth-order valence-corrected chi connectivity index (χ4v) is 3.18. The van der Waals surface area contributed by atoms with Gasteiger partial charge in [0.05, 0.1) is 11.8 Å². The molecule has 0 aliphatic carbocycles. The predicted octanol–water partition coefficient (Wildman–Crippen LogP) is 3.56. The summed E-state index contributed by atoms with van der Waals surface area (Å²) in [6.07, 6.45) is 2.59. The van der Waals surface area contributed by atoms with Gasteiger partial charge in [-0.15, -0.1) is 11.3 Å². The smallest absolute Gasteiger partial charge is 0.185 e. The molecule has 3 nitrogen and oxygen atoms in total. The van der Waals surface area contributed by atoms with E-state index in [1.807, 2.05) is 12.4 Å². The maximum absolute atomic E-state index is 12.9. The van der Waals surface area contributed by atoms with Crippen LogP contribution in [-0.2, 0) is 4.74 Å². The number of hydrogen-bond donors (Lipinski definition) is 0. The first-order chi connectivity index (χ1) is 9.72. The Morgan fingerprint density at radius 1 is 1.40 bits per heavy atom. The molecule has 5 heteroatoms. The normalized spacial score (nSPS) is 18.4. The number of halogens is 1. The zero-order valence-electron chi connectivity index (χ0n) is 11.4. The van der Waals surface area contributed by atoms with Crippen LogP contribution >= 0.6 is 11.3 Å². The van der Waals surface area contributed by atoms with E-state index in [0.29, 0.717) is 6.10 Å². The molecule has 1 aromatic carbocycles. The van der Waals surface area contributed by atoms with Gasteiger partial charge in [0.2, 0.25) is 0 Å². The fraction of sp³-hybridized carbons (Fsp3) is 0.400. The summed E-state index contributed by atoms with van der Waals surface area (Å²) in [5.41, 5.74) is 1.84. The first-order valence-electron chi connectivity index (χ1n) is 6.76. The third-order valence-electron chi connectivity index (χ3n) is 3.46. The second kappa shape index (κ2) is 5.89. The maximum Gasteiger partial charge on any atom is 0.185 e. The van der Waals surface area contributed by atoms with Gasteiger partial charge in [-0.3, -0.25) is 0 Å². The van der Waals surface area contributed by atoms with Crippen molar-refractivity contribution in [2.75, 3.05) is 25.1 Å². The van der Waals surface area contributed by atoms with Crippen LogP contribution in [0, 0.1) is 5.82 Å². The van der Waals surface area contributed by atoms with E-state index in [2.05, 4.69) is 9.88 Å². The first kappa shape index (κ1) is 13.5. The molecule has 1 fully saturated rings. The number of nitrogens with zero attached hydrogens (tertiary/aromatic N) is 2. The summed E-state index contributed by atoms with van der Waals surface area (Å²) in [5.74, 6) is -0.222. The maximum atomic E-state index is 12.9. The van der Waals surface area contributed by atoms with Crippen LogP contribution in [0.1, 0.15) is 12.8 Å². The van der Waals surface area contributed by atoms with Gasteiger partial charge in [0.25, 0.3) is 0 Å². The van der Waals surface area contributed by atoms with Crippen LogP contribution in [0.25, 0.3) is 11.3 Å². The number of anilines is 1. The standard InChI is InChI=1S/C15H17FN2OS/c1-18(9-13-3-2-8-19-13)15-17-14(10-20-15)11-4-6-12(16)7-5-11/h4-7,10,13H,2-3,8-9H2,1H3. The number of hydrogen-bond acceptors (Lipinski definition) is 4. The molecule has 1 unspecified atom stereocenters. The molecule has 1 aliphatic rings. The van der Waals surface area contributed by atoms with E-state index < -0.39 is 0 Å². The number of rotatable bonds is 4. The molecule has 20 heavy (non-hydrogen) atoms. The van der Waals surface area contributed by atoms with Crippen LogP contribution in [0.2, 0.25) is 0 Å². The van der Waals surface area contributed by atoms with Gasteiger partial charge in [0.15, 0.2) is 5.13 Å². The molecule has 1 saturated heterocycles. The molecular weight excluding hydrogens is 275 g/mol. The third kappa shape index (κ3) is 2.99.